The highest BCUT2D eigenvalue weighted by Gasteiger charge is 2.12. The quantitative estimate of drug-likeness (QED) is 0.647. The van der Waals surface area contributed by atoms with E-state index in [1.807, 2.05) is 0 Å². The fourth-order valence-electron chi connectivity index (χ4n) is 1.64. The first kappa shape index (κ1) is 13.9. The van der Waals surface area contributed by atoms with Crippen LogP contribution in [0.4, 0.5) is 0 Å². The van der Waals surface area contributed by atoms with Crippen molar-refractivity contribution < 1.29 is 0 Å². The van der Waals surface area contributed by atoms with Crippen molar-refractivity contribution in [2.75, 3.05) is 19.6 Å². The molecule has 0 aromatic rings. The largest absolute Gasteiger partial charge is 0.329 e. The van der Waals surface area contributed by atoms with E-state index >= 15 is 0 Å². The van der Waals surface area contributed by atoms with E-state index in [2.05, 4.69) is 44.8 Å². The Labute approximate surface area is 89.0 Å². The summed E-state index contributed by atoms with van der Waals surface area (Å²) in [6.07, 6.45) is 0. The van der Waals surface area contributed by atoms with Crippen LogP contribution in [0.2, 0.25) is 0 Å². The van der Waals surface area contributed by atoms with Crippen molar-refractivity contribution in [1.29, 1.82) is 0 Å². The lowest BCUT2D eigenvalue weighted by atomic mass is 10.2. The highest BCUT2D eigenvalue weighted by Crippen LogP contribution is 2.03. The molecule has 0 saturated heterocycles. The van der Waals surface area contributed by atoms with Gasteiger partial charge in [-0.25, -0.2) is 0 Å². The summed E-state index contributed by atoms with van der Waals surface area (Å²) >= 11 is 0. The third-order valence-corrected chi connectivity index (χ3v) is 2.54. The molecule has 3 heteroatoms. The molecule has 3 N–H and O–H groups in total. The normalized spacial score (nSPS) is 14.4. The van der Waals surface area contributed by atoms with Gasteiger partial charge in [0.25, 0.3) is 0 Å². The first-order valence-electron chi connectivity index (χ1n) is 5.68. The first-order valence-corrected chi connectivity index (χ1v) is 5.68. The Hall–Kier alpha value is -0.120. The van der Waals surface area contributed by atoms with Crippen molar-refractivity contribution in [2.24, 2.45) is 5.73 Å². The molecule has 0 saturated carbocycles. The van der Waals surface area contributed by atoms with Gasteiger partial charge >= 0.3 is 0 Å². The summed E-state index contributed by atoms with van der Waals surface area (Å²) in [6, 6.07) is 1.66. The molecule has 86 valence electrons. The van der Waals surface area contributed by atoms with Crippen LogP contribution in [0.1, 0.15) is 34.6 Å². The number of rotatable bonds is 7. The van der Waals surface area contributed by atoms with E-state index in [0.29, 0.717) is 24.7 Å². The van der Waals surface area contributed by atoms with Crippen LogP contribution in [0, 0.1) is 0 Å². The molecule has 0 aliphatic rings. The summed E-state index contributed by atoms with van der Waals surface area (Å²) in [5, 5.41) is 3.41. The lowest BCUT2D eigenvalue weighted by molar-refractivity contribution is 0.174. The van der Waals surface area contributed by atoms with Gasteiger partial charge in [-0.05, 0) is 34.6 Å². The summed E-state index contributed by atoms with van der Waals surface area (Å²) in [5.74, 6) is 0. The maximum absolute atomic E-state index is 5.53. The molecule has 3 nitrogen and oxygen atoms in total. The van der Waals surface area contributed by atoms with Gasteiger partial charge in [-0.15, -0.1) is 0 Å². The second-order valence-electron chi connectivity index (χ2n) is 4.52. The van der Waals surface area contributed by atoms with Crippen LogP contribution in [-0.4, -0.2) is 42.7 Å². The molecule has 0 rings (SSSR count). The Morgan fingerprint density at radius 1 is 1.07 bits per heavy atom. The second-order valence-corrected chi connectivity index (χ2v) is 4.52. The average Bonchev–Trinajstić information content (AvgIpc) is 2.10. The van der Waals surface area contributed by atoms with Crippen molar-refractivity contribution in [3.05, 3.63) is 0 Å². The maximum Gasteiger partial charge on any atom is 0.0162 e. The van der Waals surface area contributed by atoms with Crippen molar-refractivity contribution in [3.8, 4) is 0 Å². The Bertz CT molecular complexity index is 126. The fraction of sp³-hybridized carbons (Fsp3) is 1.00. The number of hydrogen-bond donors (Lipinski definition) is 2. The molecule has 0 radical (unpaired) electrons. The summed E-state index contributed by atoms with van der Waals surface area (Å²) in [7, 11) is 0. The van der Waals surface area contributed by atoms with Gasteiger partial charge in [0.1, 0.15) is 0 Å². The standard InChI is InChI=1S/C11H27N3/c1-9(2)14(10(3)4)7-6-13-11(5)8-12/h9-11,13H,6-8,12H2,1-5H3. The van der Waals surface area contributed by atoms with E-state index in [4.69, 9.17) is 5.73 Å². The van der Waals surface area contributed by atoms with Crippen LogP contribution in [0.3, 0.4) is 0 Å². The van der Waals surface area contributed by atoms with Gasteiger partial charge in [0.15, 0.2) is 0 Å². The minimum atomic E-state index is 0.427. The van der Waals surface area contributed by atoms with Gasteiger partial charge in [0, 0.05) is 37.8 Å². The molecule has 0 spiro atoms. The molecule has 0 amide bonds. The highest BCUT2D eigenvalue weighted by molar-refractivity contribution is 4.70. The zero-order chi connectivity index (χ0) is 11.1. The van der Waals surface area contributed by atoms with Crippen molar-refractivity contribution in [3.63, 3.8) is 0 Å². The van der Waals surface area contributed by atoms with Gasteiger partial charge in [-0.2, -0.15) is 0 Å². The maximum atomic E-state index is 5.53. The number of nitrogens with one attached hydrogen (secondary N) is 1. The minimum absolute atomic E-state index is 0.427. The molecule has 0 bridgehead atoms. The molecule has 1 atom stereocenters. The molecule has 0 heterocycles. The predicted molar refractivity (Wildman–Crippen MR) is 63.5 cm³/mol. The minimum Gasteiger partial charge on any atom is -0.329 e. The molecule has 0 aromatic heterocycles. The van der Waals surface area contributed by atoms with Gasteiger partial charge < -0.3 is 11.1 Å². The number of nitrogens with zero attached hydrogens (tertiary/aromatic N) is 1. The summed E-state index contributed by atoms with van der Waals surface area (Å²) in [5.41, 5.74) is 5.53. The molecule has 1 unspecified atom stereocenters. The van der Waals surface area contributed by atoms with E-state index in [-0.39, 0.29) is 0 Å². The van der Waals surface area contributed by atoms with Gasteiger partial charge in [0.2, 0.25) is 0 Å². The predicted octanol–water partition coefficient (Wildman–Crippen LogP) is 1.04. The summed E-state index contributed by atoms with van der Waals surface area (Å²) in [6.45, 7) is 13.9. The van der Waals surface area contributed by atoms with Crippen molar-refractivity contribution >= 4 is 0 Å². The molecule has 14 heavy (non-hydrogen) atoms. The van der Waals surface area contributed by atoms with Crippen LogP contribution < -0.4 is 11.1 Å². The third kappa shape index (κ3) is 5.58. The Morgan fingerprint density at radius 2 is 1.57 bits per heavy atom. The lowest BCUT2D eigenvalue weighted by Gasteiger charge is -2.30. The Balaban J connectivity index is 3.72. The van der Waals surface area contributed by atoms with Gasteiger partial charge in [-0.3, -0.25) is 4.90 Å². The van der Waals surface area contributed by atoms with Gasteiger partial charge in [0.05, 0.1) is 0 Å². The van der Waals surface area contributed by atoms with E-state index in [1.54, 1.807) is 0 Å². The molecule has 0 aromatic carbocycles. The smallest absolute Gasteiger partial charge is 0.0162 e. The zero-order valence-electron chi connectivity index (χ0n) is 10.4. The Morgan fingerprint density at radius 3 is 1.93 bits per heavy atom. The molecule has 0 aliphatic heterocycles. The molecule has 0 fully saturated rings. The van der Waals surface area contributed by atoms with E-state index in [1.165, 1.54) is 0 Å². The summed E-state index contributed by atoms with van der Waals surface area (Å²) in [4.78, 5) is 2.48. The average molecular weight is 201 g/mol. The summed E-state index contributed by atoms with van der Waals surface area (Å²) < 4.78 is 0. The number of nitrogens with two attached hydrogens (primary N) is 1. The van der Waals surface area contributed by atoms with Crippen molar-refractivity contribution in [2.45, 2.75) is 52.7 Å². The van der Waals surface area contributed by atoms with E-state index in [0.717, 1.165) is 13.1 Å². The van der Waals surface area contributed by atoms with E-state index < -0.39 is 0 Å². The van der Waals surface area contributed by atoms with Crippen LogP contribution in [0.15, 0.2) is 0 Å². The Kier molecular flexibility index (Phi) is 7.15. The van der Waals surface area contributed by atoms with Crippen molar-refractivity contribution in [1.82, 2.24) is 10.2 Å². The van der Waals surface area contributed by atoms with Crippen LogP contribution in [0.25, 0.3) is 0 Å². The lowest BCUT2D eigenvalue weighted by Crippen LogP contribution is -2.44. The third-order valence-electron chi connectivity index (χ3n) is 2.54. The molecule has 0 aliphatic carbocycles. The second kappa shape index (κ2) is 7.21. The molecular weight excluding hydrogens is 174 g/mol. The van der Waals surface area contributed by atoms with Crippen LogP contribution >= 0.6 is 0 Å². The van der Waals surface area contributed by atoms with Crippen LogP contribution in [-0.2, 0) is 0 Å². The number of hydrogen-bond acceptors (Lipinski definition) is 3. The van der Waals surface area contributed by atoms with Gasteiger partial charge in [-0.1, -0.05) is 0 Å². The van der Waals surface area contributed by atoms with E-state index in [9.17, 15) is 0 Å². The first-order chi connectivity index (χ1) is 6.49. The van der Waals surface area contributed by atoms with Crippen LogP contribution in [0.5, 0.6) is 0 Å². The fourth-order valence-corrected chi connectivity index (χ4v) is 1.64. The highest BCUT2D eigenvalue weighted by atomic mass is 15.2. The SMILES string of the molecule is CC(CN)NCCN(C(C)C)C(C)C. The molecular formula is C11H27N3. The zero-order valence-corrected chi connectivity index (χ0v) is 10.4. The topological polar surface area (TPSA) is 41.3 Å². The monoisotopic (exact) mass is 201 g/mol.